The number of amides is 1. The summed E-state index contributed by atoms with van der Waals surface area (Å²) in [4.78, 5) is 13.1. The number of fused-ring (bicyclic) bond motifs is 1. The Balaban J connectivity index is 1.86. The third kappa shape index (κ3) is 1.73. The van der Waals surface area contributed by atoms with Gasteiger partial charge in [-0.1, -0.05) is 0 Å². The lowest BCUT2D eigenvalue weighted by molar-refractivity contribution is 0.0212. The minimum absolute atomic E-state index is 0.282. The fraction of sp³-hybridized carbons (Fsp3) is 0.364. The summed E-state index contributed by atoms with van der Waals surface area (Å²) < 4.78 is 10.2. The van der Waals surface area contributed by atoms with Crippen molar-refractivity contribution in [3.8, 4) is 5.75 Å². The summed E-state index contributed by atoms with van der Waals surface area (Å²) in [5.41, 5.74) is 6.82. The molecule has 3 rings (SSSR count). The van der Waals surface area contributed by atoms with Crippen molar-refractivity contribution in [3.63, 3.8) is 0 Å². The predicted octanol–water partition coefficient (Wildman–Crippen LogP) is 0.0507. The third-order valence-corrected chi connectivity index (χ3v) is 2.93. The number of rotatable bonds is 2. The molecule has 0 saturated carbocycles. The van der Waals surface area contributed by atoms with Crippen LogP contribution in [0.2, 0.25) is 0 Å². The zero-order chi connectivity index (χ0) is 12.7. The molecule has 0 spiro atoms. The Morgan fingerprint density at radius 2 is 2.33 bits per heavy atom. The SMILES string of the molecule is NCC1CN(c2ccc3c(c2)OC(O)N3)C(=O)O1. The van der Waals surface area contributed by atoms with E-state index in [0.717, 1.165) is 0 Å². The van der Waals surface area contributed by atoms with E-state index in [9.17, 15) is 9.90 Å². The summed E-state index contributed by atoms with van der Waals surface area (Å²) in [6.07, 6.45) is -1.75. The summed E-state index contributed by atoms with van der Waals surface area (Å²) in [6, 6.07) is 5.18. The number of hydrogen-bond acceptors (Lipinski definition) is 6. The van der Waals surface area contributed by atoms with Gasteiger partial charge in [0.1, 0.15) is 11.9 Å². The van der Waals surface area contributed by atoms with Crippen LogP contribution in [0.15, 0.2) is 18.2 Å². The van der Waals surface area contributed by atoms with Crippen LogP contribution in [-0.4, -0.2) is 36.8 Å². The van der Waals surface area contributed by atoms with Crippen molar-refractivity contribution in [3.05, 3.63) is 18.2 Å². The van der Waals surface area contributed by atoms with E-state index in [-0.39, 0.29) is 6.10 Å². The maximum Gasteiger partial charge on any atom is 0.414 e. The normalized spacial score (nSPS) is 25.4. The van der Waals surface area contributed by atoms with Crippen molar-refractivity contribution in [2.24, 2.45) is 5.73 Å². The second-order valence-electron chi connectivity index (χ2n) is 4.15. The summed E-state index contributed by atoms with van der Waals surface area (Å²) in [7, 11) is 0. The summed E-state index contributed by atoms with van der Waals surface area (Å²) in [5.74, 6) is 0.504. The Morgan fingerprint density at radius 1 is 1.50 bits per heavy atom. The molecule has 0 bridgehead atoms. The van der Waals surface area contributed by atoms with E-state index in [4.69, 9.17) is 15.2 Å². The molecule has 1 amide bonds. The number of ether oxygens (including phenoxy) is 2. The molecule has 0 aliphatic carbocycles. The first kappa shape index (κ1) is 11.1. The van der Waals surface area contributed by atoms with E-state index in [1.165, 1.54) is 4.90 Å². The van der Waals surface area contributed by atoms with Crippen molar-refractivity contribution in [2.45, 2.75) is 12.5 Å². The van der Waals surface area contributed by atoms with Gasteiger partial charge in [0.25, 0.3) is 6.41 Å². The highest BCUT2D eigenvalue weighted by molar-refractivity contribution is 5.90. The minimum Gasteiger partial charge on any atom is -0.445 e. The van der Waals surface area contributed by atoms with Crippen LogP contribution in [0.1, 0.15) is 0 Å². The number of nitrogens with zero attached hydrogens (tertiary/aromatic N) is 1. The van der Waals surface area contributed by atoms with Gasteiger partial charge in [-0.2, -0.15) is 0 Å². The van der Waals surface area contributed by atoms with Gasteiger partial charge < -0.3 is 25.6 Å². The summed E-state index contributed by atoms with van der Waals surface area (Å²) in [5, 5.41) is 12.0. The zero-order valence-corrected chi connectivity index (χ0v) is 9.50. The summed E-state index contributed by atoms with van der Waals surface area (Å²) >= 11 is 0. The molecule has 1 fully saturated rings. The quantitative estimate of drug-likeness (QED) is 0.687. The number of nitrogens with one attached hydrogen (secondary N) is 1. The number of anilines is 2. The molecule has 96 valence electrons. The molecular weight excluding hydrogens is 238 g/mol. The van der Waals surface area contributed by atoms with Crippen molar-refractivity contribution in [2.75, 3.05) is 23.3 Å². The lowest BCUT2D eigenvalue weighted by Crippen LogP contribution is -2.27. The van der Waals surface area contributed by atoms with E-state index in [1.54, 1.807) is 18.2 Å². The van der Waals surface area contributed by atoms with Crippen LogP contribution in [0.5, 0.6) is 5.75 Å². The number of carbonyl (C=O) groups excluding carboxylic acids is 1. The fourth-order valence-corrected chi connectivity index (χ4v) is 2.03. The number of aliphatic hydroxyl groups excluding tert-OH is 1. The maximum absolute atomic E-state index is 11.7. The first-order valence-electron chi connectivity index (χ1n) is 5.61. The molecule has 2 aliphatic heterocycles. The Kier molecular flexibility index (Phi) is 2.49. The zero-order valence-electron chi connectivity index (χ0n) is 9.50. The number of nitrogens with two attached hydrogens (primary N) is 1. The average Bonchev–Trinajstić information content (AvgIpc) is 2.89. The molecule has 1 aromatic rings. The largest absolute Gasteiger partial charge is 0.445 e. The highest BCUT2D eigenvalue weighted by atomic mass is 16.6. The van der Waals surface area contributed by atoms with Crippen LogP contribution in [-0.2, 0) is 4.74 Å². The monoisotopic (exact) mass is 251 g/mol. The molecule has 2 heterocycles. The van der Waals surface area contributed by atoms with Gasteiger partial charge in [-0.05, 0) is 12.1 Å². The Labute approximate surface area is 103 Å². The van der Waals surface area contributed by atoms with Crippen molar-refractivity contribution in [1.82, 2.24) is 0 Å². The van der Waals surface area contributed by atoms with Gasteiger partial charge in [0.15, 0.2) is 0 Å². The van der Waals surface area contributed by atoms with E-state index in [1.807, 2.05) is 0 Å². The minimum atomic E-state index is -1.04. The Hall–Kier alpha value is -1.99. The van der Waals surface area contributed by atoms with Gasteiger partial charge in [-0.25, -0.2) is 4.79 Å². The molecular formula is C11H13N3O4. The number of benzene rings is 1. The molecule has 4 N–H and O–H groups in total. The lowest BCUT2D eigenvalue weighted by atomic mass is 10.2. The second kappa shape index (κ2) is 4.04. The highest BCUT2D eigenvalue weighted by Gasteiger charge is 2.32. The van der Waals surface area contributed by atoms with Crippen molar-refractivity contribution in [1.29, 1.82) is 0 Å². The topological polar surface area (TPSA) is 97.0 Å². The van der Waals surface area contributed by atoms with Crippen LogP contribution < -0.4 is 20.7 Å². The van der Waals surface area contributed by atoms with Gasteiger partial charge in [0, 0.05) is 12.6 Å². The molecule has 2 atom stereocenters. The predicted molar refractivity (Wildman–Crippen MR) is 63.4 cm³/mol. The Morgan fingerprint density at radius 3 is 3.06 bits per heavy atom. The summed E-state index contributed by atoms with van der Waals surface area (Å²) in [6.45, 7) is 0.716. The molecule has 0 aromatic heterocycles. The first-order valence-corrected chi connectivity index (χ1v) is 5.61. The van der Waals surface area contributed by atoms with Crippen LogP contribution in [0.3, 0.4) is 0 Å². The van der Waals surface area contributed by atoms with Gasteiger partial charge in [-0.3, -0.25) is 4.90 Å². The van der Waals surface area contributed by atoms with E-state index < -0.39 is 12.5 Å². The highest BCUT2D eigenvalue weighted by Crippen LogP contribution is 2.35. The maximum atomic E-state index is 11.7. The number of cyclic esters (lactones) is 1. The lowest BCUT2D eigenvalue weighted by Gasteiger charge is -2.13. The number of aliphatic hydroxyl groups is 1. The van der Waals surface area contributed by atoms with Gasteiger partial charge >= 0.3 is 6.09 Å². The molecule has 18 heavy (non-hydrogen) atoms. The third-order valence-electron chi connectivity index (χ3n) is 2.93. The molecule has 7 heteroatoms. The molecule has 1 saturated heterocycles. The molecule has 1 aromatic carbocycles. The molecule has 2 unspecified atom stereocenters. The second-order valence-corrected chi connectivity index (χ2v) is 4.15. The van der Waals surface area contributed by atoms with Crippen LogP contribution >= 0.6 is 0 Å². The van der Waals surface area contributed by atoms with Crippen LogP contribution in [0.25, 0.3) is 0 Å². The van der Waals surface area contributed by atoms with Gasteiger partial charge in [0.05, 0.1) is 17.9 Å². The number of carbonyl (C=O) groups is 1. The van der Waals surface area contributed by atoms with E-state index in [0.29, 0.717) is 30.2 Å². The molecule has 2 aliphatic rings. The first-order chi connectivity index (χ1) is 8.67. The van der Waals surface area contributed by atoms with E-state index >= 15 is 0 Å². The standard InChI is InChI=1S/C11H13N3O4/c12-4-7-5-14(11(16)17-7)6-1-2-8-9(3-6)18-10(15)13-8/h1-3,7,10,13,15H,4-5,12H2. The van der Waals surface area contributed by atoms with Crippen LogP contribution in [0.4, 0.5) is 16.2 Å². The molecule has 7 nitrogen and oxygen atoms in total. The fourth-order valence-electron chi connectivity index (χ4n) is 2.03. The van der Waals surface area contributed by atoms with Gasteiger partial charge in [0.2, 0.25) is 0 Å². The van der Waals surface area contributed by atoms with Crippen molar-refractivity contribution >= 4 is 17.5 Å². The smallest absolute Gasteiger partial charge is 0.414 e. The van der Waals surface area contributed by atoms with Crippen molar-refractivity contribution < 1.29 is 19.4 Å². The van der Waals surface area contributed by atoms with E-state index in [2.05, 4.69) is 5.32 Å². The molecule has 0 radical (unpaired) electrons. The number of hydrogen-bond donors (Lipinski definition) is 3. The van der Waals surface area contributed by atoms with Crippen LogP contribution in [0, 0.1) is 0 Å². The average molecular weight is 251 g/mol. The Bertz CT molecular complexity index is 493. The van der Waals surface area contributed by atoms with Gasteiger partial charge in [-0.15, -0.1) is 0 Å².